The van der Waals surface area contributed by atoms with Crippen LogP contribution in [0.25, 0.3) is 11.4 Å². The van der Waals surface area contributed by atoms with Gasteiger partial charge in [0.2, 0.25) is 12.5 Å². The molecule has 8 heteroatoms. The van der Waals surface area contributed by atoms with Gasteiger partial charge >= 0.3 is 0 Å². The number of hydrogen-bond acceptors (Lipinski definition) is 7. The first kappa shape index (κ1) is 17.6. The molecule has 0 saturated heterocycles. The summed E-state index contributed by atoms with van der Waals surface area (Å²) in [6.07, 6.45) is 0. The van der Waals surface area contributed by atoms with Gasteiger partial charge in [-0.15, -0.1) is 0 Å². The van der Waals surface area contributed by atoms with E-state index in [1.807, 2.05) is 19.1 Å². The van der Waals surface area contributed by atoms with Gasteiger partial charge in [0, 0.05) is 12.1 Å². The van der Waals surface area contributed by atoms with Crippen molar-refractivity contribution in [3.63, 3.8) is 0 Å². The van der Waals surface area contributed by atoms with Crippen LogP contribution in [0.4, 0.5) is 0 Å². The molecule has 142 valence electrons. The van der Waals surface area contributed by atoms with Crippen molar-refractivity contribution in [2.45, 2.75) is 13.5 Å². The zero-order valence-corrected chi connectivity index (χ0v) is 15.0. The maximum absolute atomic E-state index is 12.5. The lowest BCUT2D eigenvalue weighted by Gasteiger charge is -2.09. The summed E-state index contributed by atoms with van der Waals surface area (Å²) in [5.41, 5.74) is 2.15. The standard InChI is InChI=1S/C20H17N3O5/c1-11-2-5-13(6-3-11)18-22-16(17(24)20(26)23-18)19(25)21-9-12-4-7-14-15(8-12)28-10-27-14/h2-8,24H,9-10H2,1H3,(H,21,25)(H,22,23,26). The van der Waals surface area contributed by atoms with Crippen molar-refractivity contribution >= 4 is 5.91 Å². The lowest BCUT2D eigenvalue weighted by molar-refractivity contribution is 0.0941. The molecule has 1 aliphatic heterocycles. The number of ether oxygens (including phenoxy) is 2. The van der Waals surface area contributed by atoms with Crippen molar-refractivity contribution in [1.29, 1.82) is 0 Å². The van der Waals surface area contributed by atoms with Crippen LogP contribution >= 0.6 is 0 Å². The van der Waals surface area contributed by atoms with Crippen LogP contribution in [-0.4, -0.2) is 32.9 Å². The Hall–Kier alpha value is -3.81. The molecular formula is C20H17N3O5. The second-order valence-electron chi connectivity index (χ2n) is 6.30. The van der Waals surface area contributed by atoms with Gasteiger partial charge in [-0.1, -0.05) is 35.9 Å². The smallest absolute Gasteiger partial charge is 0.274 e. The van der Waals surface area contributed by atoms with Crippen LogP contribution in [0.2, 0.25) is 0 Å². The molecular weight excluding hydrogens is 362 g/mol. The third-order valence-corrected chi connectivity index (χ3v) is 4.28. The molecule has 1 aliphatic rings. The number of carbonyl (C=O) groups is 1. The van der Waals surface area contributed by atoms with Crippen LogP contribution < -0.4 is 14.8 Å². The van der Waals surface area contributed by atoms with Crippen molar-refractivity contribution in [2.24, 2.45) is 0 Å². The van der Waals surface area contributed by atoms with E-state index >= 15 is 0 Å². The number of nitrogens with zero attached hydrogens (tertiary/aromatic N) is 2. The summed E-state index contributed by atoms with van der Waals surface area (Å²) in [7, 11) is 0. The third-order valence-electron chi connectivity index (χ3n) is 4.28. The summed E-state index contributed by atoms with van der Waals surface area (Å²) in [6, 6.07) is 12.6. The second-order valence-corrected chi connectivity index (χ2v) is 6.30. The zero-order chi connectivity index (χ0) is 19.7. The molecule has 28 heavy (non-hydrogen) atoms. The number of fused-ring (bicyclic) bond motifs is 1. The number of hydrogen-bond donors (Lipinski definition) is 3. The number of nitrogens with one attached hydrogen (secondary N) is 1. The first-order valence-corrected chi connectivity index (χ1v) is 8.55. The first-order valence-electron chi connectivity index (χ1n) is 8.55. The molecule has 2 aromatic carbocycles. The molecule has 0 aliphatic carbocycles. The SMILES string of the molecule is Cc1ccc(-c2nc(O)c(O)c(C(=O)NCc3ccc4c(c3)OCO4)n2)cc1. The van der Waals surface area contributed by atoms with Gasteiger partial charge in [-0.3, -0.25) is 4.79 Å². The molecule has 0 radical (unpaired) electrons. The largest absolute Gasteiger partial charge is 0.501 e. The van der Waals surface area contributed by atoms with Crippen molar-refractivity contribution in [3.05, 3.63) is 59.3 Å². The summed E-state index contributed by atoms with van der Waals surface area (Å²) in [4.78, 5) is 20.5. The van der Waals surface area contributed by atoms with E-state index in [2.05, 4.69) is 15.3 Å². The fourth-order valence-corrected chi connectivity index (χ4v) is 2.75. The molecule has 0 saturated carbocycles. The highest BCUT2D eigenvalue weighted by Gasteiger charge is 2.20. The van der Waals surface area contributed by atoms with Crippen LogP contribution in [0.3, 0.4) is 0 Å². The third kappa shape index (κ3) is 3.39. The molecule has 0 bridgehead atoms. The zero-order valence-electron chi connectivity index (χ0n) is 15.0. The Balaban J connectivity index is 1.55. The number of rotatable bonds is 4. The summed E-state index contributed by atoms with van der Waals surface area (Å²) in [5.74, 6) is -0.560. The summed E-state index contributed by atoms with van der Waals surface area (Å²) in [5, 5.41) is 22.6. The predicted octanol–water partition coefficient (Wildman–Crippen LogP) is 2.52. The highest BCUT2D eigenvalue weighted by atomic mass is 16.7. The van der Waals surface area contributed by atoms with E-state index < -0.39 is 17.5 Å². The quantitative estimate of drug-likeness (QED) is 0.638. The molecule has 0 fully saturated rings. The van der Waals surface area contributed by atoms with E-state index in [4.69, 9.17) is 9.47 Å². The minimum absolute atomic E-state index is 0.142. The monoisotopic (exact) mass is 379 g/mol. The molecule has 8 nitrogen and oxygen atoms in total. The van der Waals surface area contributed by atoms with Gasteiger partial charge in [-0.2, -0.15) is 4.98 Å². The fraction of sp³-hybridized carbons (Fsp3) is 0.150. The van der Waals surface area contributed by atoms with Gasteiger partial charge in [0.05, 0.1) is 0 Å². The number of amides is 1. The molecule has 3 aromatic rings. The highest BCUT2D eigenvalue weighted by molar-refractivity contribution is 5.95. The number of carbonyl (C=O) groups excluding carboxylic acids is 1. The number of aromatic hydroxyl groups is 2. The summed E-state index contributed by atoms with van der Waals surface area (Å²) in [6.45, 7) is 2.29. The maximum Gasteiger partial charge on any atom is 0.274 e. The Bertz CT molecular complexity index is 1050. The normalized spacial score (nSPS) is 12.0. The van der Waals surface area contributed by atoms with Crippen molar-refractivity contribution in [2.75, 3.05) is 6.79 Å². The number of benzene rings is 2. The van der Waals surface area contributed by atoms with Gasteiger partial charge in [0.15, 0.2) is 23.0 Å². The Morgan fingerprint density at radius 1 is 1.07 bits per heavy atom. The van der Waals surface area contributed by atoms with Crippen molar-refractivity contribution < 1.29 is 24.5 Å². The van der Waals surface area contributed by atoms with Gasteiger partial charge < -0.3 is 25.0 Å². The maximum atomic E-state index is 12.5. The topological polar surface area (TPSA) is 114 Å². The minimum Gasteiger partial charge on any atom is -0.501 e. The molecule has 0 unspecified atom stereocenters. The Kier molecular flexibility index (Phi) is 4.44. The summed E-state index contributed by atoms with van der Waals surface area (Å²) < 4.78 is 10.6. The van der Waals surface area contributed by atoms with Crippen molar-refractivity contribution in [3.8, 4) is 34.5 Å². The average Bonchev–Trinajstić information content (AvgIpc) is 3.16. The van der Waals surface area contributed by atoms with Gasteiger partial charge in [0.1, 0.15) is 0 Å². The van der Waals surface area contributed by atoms with Crippen LogP contribution in [-0.2, 0) is 6.54 Å². The Labute approximate surface area is 160 Å². The number of aryl methyl sites for hydroxylation is 1. The van der Waals surface area contributed by atoms with Gasteiger partial charge in [-0.25, -0.2) is 4.98 Å². The molecule has 3 N–H and O–H groups in total. The minimum atomic E-state index is -0.668. The Morgan fingerprint density at radius 3 is 2.61 bits per heavy atom. The van der Waals surface area contributed by atoms with E-state index in [0.29, 0.717) is 17.1 Å². The predicted molar refractivity (Wildman–Crippen MR) is 99.3 cm³/mol. The molecule has 0 atom stereocenters. The van der Waals surface area contributed by atoms with E-state index in [9.17, 15) is 15.0 Å². The fourth-order valence-electron chi connectivity index (χ4n) is 2.75. The van der Waals surface area contributed by atoms with Crippen LogP contribution in [0.15, 0.2) is 42.5 Å². The van der Waals surface area contributed by atoms with E-state index in [1.54, 1.807) is 30.3 Å². The molecule has 0 spiro atoms. The van der Waals surface area contributed by atoms with Crippen molar-refractivity contribution in [1.82, 2.24) is 15.3 Å². The van der Waals surface area contributed by atoms with Gasteiger partial charge in [0.25, 0.3) is 11.8 Å². The van der Waals surface area contributed by atoms with E-state index in [-0.39, 0.29) is 24.9 Å². The van der Waals surface area contributed by atoms with Crippen LogP contribution in [0.5, 0.6) is 23.1 Å². The van der Waals surface area contributed by atoms with Crippen LogP contribution in [0, 0.1) is 6.92 Å². The number of aromatic nitrogens is 2. The highest BCUT2D eigenvalue weighted by Crippen LogP contribution is 2.32. The molecule has 2 heterocycles. The summed E-state index contributed by atoms with van der Waals surface area (Å²) >= 11 is 0. The molecule has 1 aromatic heterocycles. The molecule has 1 amide bonds. The van der Waals surface area contributed by atoms with E-state index in [1.165, 1.54) is 0 Å². The second kappa shape index (κ2) is 7.07. The lowest BCUT2D eigenvalue weighted by atomic mass is 10.1. The Morgan fingerprint density at radius 2 is 1.82 bits per heavy atom. The molecule has 4 rings (SSSR count). The first-order chi connectivity index (χ1) is 13.5. The van der Waals surface area contributed by atoms with E-state index in [0.717, 1.165) is 11.1 Å². The van der Waals surface area contributed by atoms with Gasteiger partial charge in [-0.05, 0) is 24.6 Å². The van der Waals surface area contributed by atoms with Crippen LogP contribution in [0.1, 0.15) is 21.6 Å². The lowest BCUT2D eigenvalue weighted by Crippen LogP contribution is -2.24. The average molecular weight is 379 g/mol.